The molecule has 92 valence electrons. The molecule has 2 unspecified atom stereocenters. The van der Waals surface area contributed by atoms with Gasteiger partial charge in [0, 0.05) is 6.92 Å². The van der Waals surface area contributed by atoms with Crippen LogP contribution >= 0.6 is 0 Å². The Morgan fingerprint density at radius 3 is 2.56 bits per heavy atom. The quantitative estimate of drug-likeness (QED) is 0.724. The van der Waals surface area contributed by atoms with Crippen molar-refractivity contribution in [3.05, 3.63) is 0 Å². The maximum atomic E-state index is 11.3. The number of hydrogen-bond donors (Lipinski definition) is 2. The zero-order valence-corrected chi connectivity index (χ0v) is 10.1. The van der Waals surface area contributed by atoms with Crippen LogP contribution in [0, 0.1) is 5.92 Å². The molecule has 0 spiro atoms. The van der Waals surface area contributed by atoms with E-state index in [2.05, 4.69) is 12.2 Å². The average Bonchev–Trinajstić information content (AvgIpc) is 2.40. The first-order valence-electron chi connectivity index (χ1n) is 6.02. The van der Waals surface area contributed by atoms with Gasteiger partial charge in [0.1, 0.15) is 5.54 Å². The van der Waals surface area contributed by atoms with Gasteiger partial charge in [-0.05, 0) is 25.2 Å². The first kappa shape index (κ1) is 13.0. The number of carbonyl (C=O) groups excluding carboxylic acids is 1. The molecule has 0 aliphatic heterocycles. The minimum absolute atomic E-state index is 0.252. The van der Waals surface area contributed by atoms with Crippen molar-refractivity contribution in [2.45, 2.75) is 57.9 Å². The van der Waals surface area contributed by atoms with E-state index in [0.29, 0.717) is 18.8 Å². The molecule has 1 saturated carbocycles. The van der Waals surface area contributed by atoms with Crippen molar-refractivity contribution in [3.63, 3.8) is 0 Å². The molecule has 0 aromatic rings. The molecule has 0 aromatic carbocycles. The molecule has 4 heteroatoms. The van der Waals surface area contributed by atoms with Crippen molar-refractivity contribution < 1.29 is 14.7 Å². The van der Waals surface area contributed by atoms with Crippen LogP contribution in [0.4, 0.5) is 0 Å². The van der Waals surface area contributed by atoms with E-state index in [0.717, 1.165) is 25.7 Å². The van der Waals surface area contributed by atoms with E-state index in [1.54, 1.807) is 0 Å². The number of nitrogens with one attached hydrogen (secondary N) is 1. The van der Waals surface area contributed by atoms with Crippen LogP contribution in [0.5, 0.6) is 0 Å². The summed E-state index contributed by atoms with van der Waals surface area (Å²) in [7, 11) is 0. The van der Waals surface area contributed by atoms with Gasteiger partial charge in [0.05, 0.1) is 0 Å². The molecule has 1 aliphatic rings. The molecule has 0 bridgehead atoms. The van der Waals surface area contributed by atoms with Gasteiger partial charge < -0.3 is 10.4 Å². The largest absolute Gasteiger partial charge is 0.480 e. The number of hydrogen-bond acceptors (Lipinski definition) is 2. The van der Waals surface area contributed by atoms with E-state index in [1.165, 1.54) is 6.92 Å². The van der Waals surface area contributed by atoms with Crippen LogP contribution in [0.25, 0.3) is 0 Å². The highest BCUT2D eigenvalue weighted by molar-refractivity contribution is 5.85. The fourth-order valence-electron chi connectivity index (χ4n) is 2.55. The molecule has 1 amide bonds. The summed E-state index contributed by atoms with van der Waals surface area (Å²) in [4.78, 5) is 22.5. The lowest BCUT2D eigenvalue weighted by Crippen LogP contribution is -2.53. The van der Waals surface area contributed by atoms with Gasteiger partial charge in [-0.3, -0.25) is 4.79 Å². The van der Waals surface area contributed by atoms with Crippen LogP contribution < -0.4 is 5.32 Å². The van der Waals surface area contributed by atoms with E-state index in [4.69, 9.17) is 0 Å². The van der Waals surface area contributed by atoms with Crippen molar-refractivity contribution in [1.82, 2.24) is 5.32 Å². The van der Waals surface area contributed by atoms with Crippen molar-refractivity contribution in [3.8, 4) is 0 Å². The number of carbonyl (C=O) groups is 2. The van der Waals surface area contributed by atoms with E-state index < -0.39 is 11.5 Å². The highest BCUT2D eigenvalue weighted by atomic mass is 16.4. The van der Waals surface area contributed by atoms with Crippen LogP contribution in [-0.2, 0) is 9.59 Å². The van der Waals surface area contributed by atoms with E-state index in [-0.39, 0.29) is 5.91 Å². The molecular formula is C12H21NO3. The second-order valence-electron chi connectivity index (χ2n) is 4.77. The third-order valence-corrected chi connectivity index (χ3v) is 3.60. The maximum absolute atomic E-state index is 11.3. The van der Waals surface area contributed by atoms with Crippen molar-refractivity contribution in [2.24, 2.45) is 5.92 Å². The maximum Gasteiger partial charge on any atom is 0.329 e. The number of aliphatic carboxylic acids is 1. The summed E-state index contributed by atoms with van der Waals surface area (Å²) in [5.41, 5.74) is -1.02. The van der Waals surface area contributed by atoms with Gasteiger partial charge in [-0.15, -0.1) is 0 Å². The Bertz CT molecular complexity index is 277. The van der Waals surface area contributed by atoms with Gasteiger partial charge in [0.2, 0.25) is 5.91 Å². The van der Waals surface area contributed by atoms with Gasteiger partial charge in [-0.1, -0.05) is 26.2 Å². The second-order valence-corrected chi connectivity index (χ2v) is 4.77. The Hall–Kier alpha value is -1.06. The smallest absolute Gasteiger partial charge is 0.329 e. The zero-order chi connectivity index (χ0) is 12.2. The lowest BCUT2D eigenvalue weighted by molar-refractivity contribution is -0.148. The molecule has 0 radical (unpaired) electrons. The summed E-state index contributed by atoms with van der Waals surface area (Å²) in [5, 5.41) is 11.9. The Morgan fingerprint density at radius 2 is 2.06 bits per heavy atom. The molecule has 2 N–H and O–H groups in total. The summed E-state index contributed by atoms with van der Waals surface area (Å²) in [6.45, 7) is 3.52. The van der Waals surface area contributed by atoms with Gasteiger partial charge in [-0.25, -0.2) is 4.79 Å². The van der Waals surface area contributed by atoms with E-state index in [1.807, 2.05) is 0 Å². The zero-order valence-electron chi connectivity index (χ0n) is 10.1. The van der Waals surface area contributed by atoms with Crippen LogP contribution in [0.1, 0.15) is 52.4 Å². The number of carboxylic acid groups (broad SMARTS) is 1. The summed E-state index contributed by atoms with van der Waals surface area (Å²) >= 11 is 0. The number of amides is 1. The Morgan fingerprint density at radius 1 is 1.38 bits per heavy atom. The fourth-order valence-corrected chi connectivity index (χ4v) is 2.55. The van der Waals surface area contributed by atoms with Crippen LogP contribution in [0.15, 0.2) is 0 Å². The molecule has 4 nitrogen and oxygen atoms in total. The molecule has 0 saturated heterocycles. The second kappa shape index (κ2) is 5.32. The molecule has 0 heterocycles. The minimum atomic E-state index is -1.02. The molecule has 1 fully saturated rings. The highest BCUT2D eigenvalue weighted by Crippen LogP contribution is 2.32. The highest BCUT2D eigenvalue weighted by Gasteiger charge is 2.40. The van der Waals surface area contributed by atoms with Gasteiger partial charge in [-0.2, -0.15) is 0 Å². The third-order valence-electron chi connectivity index (χ3n) is 3.60. The SMILES string of the molecule is CCC1CCCC(NC(C)=O)(C(=O)O)CC1. The predicted molar refractivity (Wildman–Crippen MR) is 61.0 cm³/mol. The van der Waals surface area contributed by atoms with Gasteiger partial charge in [0.25, 0.3) is 0 Å². The molecular weight excluding hydrogens is 206 g/mol. The molecule has 0 aromatic heterocycles. The Kier molecular flexibility index (Phi) is 4.33. The number of carboxylic acids is 1. The van der Waals surface area contributed by atoms with Crippen molar-refractivity contribution >= 4 is 11.9 Å². The lowest BCUT2D eigenvalue weighted by atomic mass is 9.89. The summed E-state index contributed by atoms with van der Waals surface area (Å²) in [6, 6.07) is 0. The monoisotopic (exact) mass is 227 g/mol. The van der Waals surface area contributed by atoms with Gasteiger partial charge in [0.15, 0.2) is 0 Å². The molecule has 1 aliphatic carbocycles. The average molecular weight is 227 g/mol. The summed E-state index contributed by atoms with van der Waals surface area (Å²) < 4.78 is 0. The molecule has 16 heavy (non-hydrogen) atoms. The summed E-state index contributed by atoms with van der Waals surface area (Å²) in [6.07, 6.45) is 5.05. The Labute approximate surface area is 96.4 Å². The van der Waals surface area contributed by atoms with Crippen molar-refractivity contribution in [2.75, 3.05) is 0 Å². The fraction of sp³-hybridized carbons (Fsp3) is 0.833. The third kappa shape index (κ3) is 2.97. The lowest BCUT2D eigenvalue weighted by Gasteiger charge is -2.28. The van der Waals surface area contributed by atoms with Gasteiger partial charge >= 0.3 is 5.97 Å². The van der Waals surface area contributed by atoms with Crippen LogP contribution in [0.3, 0.4) is 0 Å². The number of rotatable bonds is 3. The van der Waals surface area contributed by atoms with Crippen LogP contribution in [0.2, 0.25) is 0 Å². The van der Waals surface area contributed by atoms with E-state index >= 15 is 0 Å². The van der Waals surface area contributed by atoms with Crippen molar-refractivity contribution in [1.29, 1.82) is 0 Å². The molecule has 1 rings (SSSR count). The standard InChI is InChI=1S/C12H21NO3/c1-3-10-5-4-7-12(8-6-10,11(15)16)13-9(2)14/h10H,3-8H2,1-2H3,(H,13,14)(H,15,16). The first-order chi connectivity index (χ1) is 7.50. The minimum Gasteiger partial charge on any atom is -0.480 e. The first-order valence-corrected chi connectivity index (χ1v) is 6.02. The van der Waals surface area contributed by atoms with Crippen LogP contribution in [-0.4, -0.2) is 22.5 Å². The normalized spacial score (nSPS) is 30.5. The van der Waals surface area contributed by atoms with E-state index in [9.17, 15) is 14.7 Å². The Balaban J connectivity index is 2.77. The summed E-state index contributed by atoms with van der Waals surface area (Å²) in [5.74, 6) is -0.535. The predicted octanol–water partition coefficient (Wildman–Crippen LogP) is 1.94. The molecule has 2 atom stereocenters. The topological polar surface area (TPSA) is 66.4 Å².